The topological polar surface area (TPSA) is 93.8 Å². The van der Waals surface area contributed by atoms with Crippen LogP contribution in [0.4, 0.5) is 5.69 Å². The highest BCUT2D eigenvalue weighted by molar-refractivity contribution is 5.82. The molecule has 0 bridgehead atoms. The molecule has 7 nitrogen and oxygen atoms in total. The number of hydrogen-bond donors (Lipinski definition) is 1. The molecule has 24 heavy (non-hydrogen) atoms. The third kappa shape index (κ3) is 5.38. The molecule has 7 heteroatoms. The van der Waals surface area contributed by atoms with Crippen molar-refractivity contribution in [2.75, 3.05) is 6.61 Å². The number of ether oxygens (including phenoxy) is 1. The molecule has 1 N–H and O–H groups in total. The summed E-state index contributed by atoms with van der Waals surface area (Å²) in [4.78, 5) is 21.8. The van der Waals surface area contributed by atoms with Crippen LogP contribution in [0.2, 0.25) is 0 Å². The second-order valence-corrected chi connectivity index (χ2v) is 4.60. The van der Waals surface area contributed by atoms with Crippen molar-refractivity contribution >= 4 is 23.9 Å². The molecule has 2 rings (SSSR count). The van der Waals surface area contributed by atoms with Crippen molar-refractivity contribution < 1.29 is 14.5 Å². The molecule has 0 heterocycles. The van der Waals surface area contributed by atoms with Crippen LogP contribution in [0.15, 0.2) is 65.8 Å². The van der Waals surface area contributed by atoms with Gasteiger partial charge in [-0.3, -0.25) is 14.9 Å². The van der Waals surface area contributed by atoms with Gasteiger partial charge in [-0.1, -0.05) is 48.5 Å². The van der Waals surface area contributed by atoms with Crippen LogP contribution in [0.5, 0.6) is 5.75 Å². The van der Waals surface area contributed by atoms with Gasteiger partial charge in [0.05, 0.1) is 4.92 Å². The number of carbonyl (C=O) groups is 1. The lowest BCUT2D eigenvalue weighted by Gasteiger charge is -2.04. The summed E-state index contributed by atoms with van der Waals surface area (Å²) in [5.74, 6) is -0.483. The summed E-state index contributed by atoms with van der Waals surface area (Å²) in [6.07, 6.45) is 4.94. The number of nitro benzene ring substituents is 1. The normalized spacial score (nSPS) is 10.8. The van der Waals surface area contributed by atoms with E-state index in [2.05, 4.69) is 10.5 Å². The zero-order valence-electron chi connectivity index (χ0n) is 12.7. The maximum atomic E-state index is 11.6. The van der Waals surface area contributed by atoms with Crippen LogP contribution < -0.4 is 10.2 Å². The molecular weight excluding hydrogens is 310 g/mol. The molecule has 2 aromatic carbocycles. The highest BCUT2D eigenvalue weighted by atomic mass is 16.6. The fourth-order valence-electron chi connectivity index (χ4n) is 1.78. The number of hydrogen-bond acceptors (Lipinski definition) is 5. The molecule has 0 aliphatic heterocycles. The second kappa shape index (κ2) is 8.84. The summed E-state index contributed by atoms with van der Waals surface area (Å²) >= 11 is 0. The van der Waals surface area contributed by atoms with Gasteiger partial charge >= 0.3 is 5.69 Å². The van der Waals surface area contributed by atoms with Crippen molar-refractivity contribution in [3.63, 3.8) is 0 Å². The predicted octanol–water partition coefficient (Wildman–Crippen LogP) is 2.79. The van der Waals surface area contributed by atoms with E-state index in [0.29, 0.717) is 0 Å². The van der Waals surface area contributed by atoms with Crippen LogP contribution >= 0.6 is 0 Å². The molecule has 2 aromatic rings. The number of nitrogens with one attached hydrogen (secondary N) is 1. The minimum Gasteiger partial charge on any atom is -0.477 e. The average Bonchev–Trinajstić information content (AvgIpc) is 2.60. The van der Waals surface area contributed by atoms with Gasteiger partial charge < -0.3 is 4.74 Å². The number of hydrazone groups is 1. The molecule has 122 valence electrons. The summed E-state index contributed by atoms with van der Waals surface area (Å²) in [7, 11) is 0. The van der Waals surface area contributed by atoms with Crippen molar-refractivity contribution in [1.82, 2.24) is 5.43 Å². The molecule has 0 atom stereocenters. The summed E-state index contributed by atoms with van der Waals surface area (Å²) in [5, 5.41) is 14.6. The molecule has 0 spiro atoms. The monoisotopic (exact) mass is 325 g/mol. The van der Waals surface area contributed by atoms with Gasteiger partial charge in [-0.15, -0.1) is 0 Å². The Labute approximate surface area is 138 Å². The largest absolute Gasteiger partial charge is 0.477 e. The van der Waals surface area contributed by atoms with Crippen LogP contribution in [-0.2, 0) is 4.79 Å². The van der Waals surface area contributed by atoms with E-state index in [1.54, 1.807) is 12.1 Å². The molecule has 1 amide bonds. The standard InChI is InChI=1S/C17H15N3O4/c21-17(13-24-16-11-5-4-10-15(16)20(22)23)19-18-12-6-9-14-7-2-1-3-8-14/h1-12H,13H2,(H,19,21). The zero-order valence-corrected chi connectivity index (χ0v) is 12.7. The lowest BCUT2D eigenvalue weighted by molar-refractivity contribution is -0.385. The third-order valence-electron chi connectivity index (χ3n) is 2.86. The van der Waals surface area contributed by atoms with Crippen molar-refractivity contribution in [2.24, 2.45) is 5.10 Å². The van der Waals surface area contributed by atoms with Crippen molar-refractivity contribution in [3.05, 3.63) is 76.4 Å². The SMILES string of the molecule is O=C(COc1ccccc1[N+](=O)[O-])NN=CC=Cc1ccccc1. The fraction of sp³-hybridized carbons (Fsp3) is 0.0588. The molecule has 0 aromatic heterocycles. The molecule has 0 saturated carbocycles. The van der Waals surface area contributed by atoms with Crippen LogP contribution in [0.25, 0.3) is 6.08 Å². The predicted molar refractivity (Wildman–Crippen MR) is 90.7 cm³/mol. The number of carbonyl (C=O) groups excluding carboxylic acids is 1. The Morgan fingerprint density at radius 3 is 2.62 bits per heavy atom. The van der Waals surface area contributed by atoms with Crippen LogP contribution in [0.1, 0.15) is 5.56 Å². The second-order valence-electron chi connectivity index (χ2n) is 4.60. The first-order valence-corrected chi connectivity index (χ1v) is 7.06. The minimum absolute atomic E-state index is 0.0330. The highest BCUT2D eigenvalue weighted by Crippen LogP contribution is 2.25. The van der Waals surface area contributed by atoms with E-state index in [9.17, 15) is 14.9 Å². The zero-order chi connectivity index (χ0) is 17.2. The Balaban J connectivity index is 1.79. The summed E-state index contributed by atoms with van der Waals surface area (Å²) in [5.41, 5.74) is 3.09. The van der Waals surface area contributed by atoms with E-state index in [0.717, 1.165) is 5.56 Å². The Bertz CT molecular complexity index is 757. The average molecular weight is 325 g/mol. The quantitative estimate of drug-likeness (QED) is 0.481. The van der Waals surface area contributed by atoms with Crippen molar-refractivity contribution in [3.8, 4) is 5.75 Å². The van der Waals surface area contributed by atoms with Gasteiger partial charge in [-0.2, -0.15) is 5.10 Å². The first kappa shape index (κ1) is 16.9. The molecule has 0 fully saturated rings. The Morgan fingerprint density at radius 2 is 1.88 bits per heavy atom. The number of nitrogens with zero attached hydrogens (tertiary/aromatic N) is 2. The van der Waals surface area contributed by atoms with E-state index in [-0.39, 0.29) is 18.0 Å². The van der Waals surface area contributed by atoms with E-state index in [4.69, 9.17) is 4.74 Å². The first-order chi connectivity index (χ1) is 11.7. The van der Waals surface area contributed by atoms with Gasteiger partial charge in [0, 0.05) is 12.3 Å². The number of benzene rings is 2. The summed E-state index contributed by atoms with van der Waals surface area (Å²) in [6, 6.07) is 15.5. The van der Waals surface area contributed by atoms with Gasteiger partial charge in [0.15, 0.2) is 12.4 Å². The molecular formula is C17H15N3O4. The van der Waals surface area contributed by atoms with E-state index in [1.807, 2.05) is 36.4 Å². The van der Waals surface area contributed by atoms with Crippen LogP contribution in [0, 0.1) is 10.1 Å². The molecule has 0 aliphatic carbocycles. The van der Waals surface area contributed by atoms with Crippen molar-refractivity contribution in [2.45, 2.75) is 0 Å². The van der Waals surface area contributed by atoms with Crippen LogP contribution in [0.3, 0.4) is 0 Å². The highest BCUT2D eigenvalue weighted by Gasteiger charge is 2.14. The number of rotatable bonds is 7. The van der Waals surface area contributed by atoms with E-state index in [1.165, 1.54) is 24.4 Å². The van der Waals surface area contributed by atoms with Gasteiger partial charge in [0.2, 0.25) is 0 Å². The number of amides is 1. The van der Waals surface area contributed by atoms with E-state index < -0.39 is 10.8 Å². The number of para-hydroxylation sites is 2. The van der Waals surface area contributed by atoms with E-state index >= 15 is 0 Å². The van der Waals surface area contributed by atoms with Gasteiger partial charge in [0.25, 0.3) is 5.91 Å². The Kier molecular flexibility index (Phi) is 6.22. The lowest BCUT2D eigenvalue weighted by Crippen LogP contribution is -2.24. The fourth-order valence-corrected chi connectivity index (χ4v) is 1.78. The third-order valence-corrected chi connectivity index (χ3v) is 2.86. The van der Waals surface area contributed by atoms with Gasteiger partial charge in [0.1, 0.15) is 0 Å². The summed E-state index contributed by atoms with van der Waals surface area (Å²) in [6.45, 7) is -0.370. The molecule has 0 saturated heterocycles. The van der Waals surface area contributed by atoms with Gasteiger partial charge in [-0.25, -0.2) is 5.43 Å². The first-order valence-electron chi connectivity index (χ1n) is 7.06. The maximum absolute atomic E-state index is 11.6. The number of nitro groups is 1. The molecule has 0 aliphatic rings. The Morgan fingerprint density at radius 1 is 1.17 bits per heavy atom. The smallest absolute Gasteiger partial charge is 0.310 e. The maximum Gasteiger partial charge on any atom is 0.310 e. The van der Waals surface area contributed by atoms with Crippen molar-refractivity contribution in [1.29, 1.82) is 0 Å². The van der Waals surface area contributed by atoms with Crippen LogP contribution in [-0.4, -0.2) is 23.7 Å². The molecule has 0 unspecified atom stereocenters. The number of allylic oxidation sites excluding steroid dienone is 1. The minimum atomic E-state index is -0.570. The Hall–Kier alpha value is -3.48. The summed E-state index contributed by atoms with van der Waals surface area (Å²) < 4.78 is 5.14. The lowest BCUT2D eigenvalue weighted by atomic mass is 10.2. The molecule has 0 radical (unpaired) electrons. The van der Waals surface area contributed by atoms with Gasteiger partial charge in [-0.05, 0) is 17.7 Å².